The maximum Gasteiger partial charge on any atom is 0.276 e. The van der Waals surface area contributed by atoms with Crippen LogP contribution in [0.25, 0.3) is 10.2 Å². The predicted octanol–water partition coefficient (Wildman–Crippen LogP) is 3.04. The summed E-state index contributed by atoms with van der Waals surface area (Å²) in [5.41, 5.74) is 1.46. The number of anilines is 2. The van der Waals surface area contributed by atoms with Gasteiger partial charge in [-0.05, 0) is 30.3 Å². The second-order valence-corrected chi connectivity index (χ2v) is 5.73. The van der Waals surface area contributed by atoms with Gasteiger partial charge in [-0.1, -0.05) is 11.3 Å². The van der Waals surface area contributed by atoms with Crippen LogP contribution in [0.5, 0.6) is 0 Å². The molecule has 0 aliphatic heterocycles. The van der Waals surface area contributed by atoms with Crippen LogP contribution in [0.4, 0.5) is 15.2 Å². The molecule has 0 spiro atoms. The molecule has 0 saturated carbocycles. The Kier molecular flexibility index (Phi) is 3.98. The van der Waals surface area contributed by atoms with Crippen LogP contribution in [-0.2, 0) is 4.79 Å². The summed E-state index contributed by atoms with van der Waals surface area (Å²) in [5, 5.41) is 5.71. The van der Waals surface area contributed by atoms with Crippen molar-refractivity contribution in [3.05, 3.63) is 48.0 Å². The minimum Gasteiger partial charge on any atom is -0.326 e. The molecule has 23 heavy (non-hydrogen) atoms. The number of fused-ring (bicyclic) bond motifs is 1. The van der Waals surface area contributed by atoms with Crippen LogP contribution >= 0.6 is 11.3 Å². The summed E-state index contributed by atoms with van der Waals surface area (Å²) in [6.45, 7) is 1.43. The third kappa shape index (κ3) is 3.49. The summed E-state index contributed by atoms with van der Waals surface area (Å²) >= 11 is 1.27. The Balaban J connectivity index is 1.81. The highest BCUT2D eigenvalue weighted by atomic mass is 32.1. The van der Waals surface area contributed by atoms with E-state index < -0.39 is 11.7 Å². The van der Waals surface area contributed by atoms with E-state index in [0.29, 0.717) is 16.3 Å². The summed E-state index contributed by atoms with van der Waals surface area (Å²) in [6, 6.07) is 7.73. The molecule has 2 heterocycles. The molecule has 0 bridgehead atoms. The number of thiazole rings is 1. The largest absolute Gasteiger partial charge is 0.326 e. The summed E-state index contributed by atoms with van der Waals surface area (Å²) in [6.07, 6.45) is 0.979. The zero-order valence-corrected chi connectivity index (χ0v) is 12.8. The van der Waals surface area contributed by atoms with E-state index in [9.17, 15) is 14.0 Å². The van der Waals surface area contributed by atoms with Crippen LogP contribution in [0, 0.1) is 5.82 Å². The number of carbonyl (C=O) groups excluding carboxylic acids is 2. The van der Waals surface area contributed by atoms with E-state index in [1.807, 2.05) is 0 Å². The molecular weight excluding hydrogens is 319 g/mol. The van der Waals surface area contributed by atoms with Crippen molar-refractivity contribution >= 4 is 44.2 Å². The van der Waals surface area contributed by atoms with E-state index in [1.165, 1.54) is 30.4 Å². The van der Waals surface area contributed by atoms with E-state index in [0.717, 1.165) is 10.9 Å². The molecule has 8 heteroatoms. The van der Waals surface area contributed by atoms with Crippen LogP contribution in [-0.4, -0.2) is 21.8 Å². The molecule has 0 aliphatic rings. The molecule has 0 radical (unpaired) electrons. The predicted molar refractivity (Wildman–Crippen MR) is 86.1 cm³/mol. The van der Waals surface area contributed by atoms with Gasteiger partial charge >= 0.3 is 0 Å². The van der Waals surface area contributed by atoms with Gasteiger partial charge in [0.1, 0.15) is 11.5 Å². The topological polar surface area (TPSA) is 84.0 Å². The highest BCUT2D eigenvalue weighted by molar-refractivity contribution is 7.22. The number of nitrogens with one attached hydrogen (secondary N) is 2. The number of halogens is 1. The lowest BCUT2D eigenvalue weighted by atomic mass is 10.3. The first-order valence-electron chi connectivity index (χ1n) is 6.62. The van der Waals surface area contributed by atoms with Crippen molar-refractivity contribution in [3.63, 3.8) is 0 Å². The van der Waals surface area contributed by atoms with Crippen LogP contribution in [0.3, 0.4) is 0 Å². The molecular formula is C15H11FN4O2S. The second-order valence-electron chi connectivity index (χ2n) is 4.70. The van der Waals surface area contributed by atoms with Gasteiger partial charge in [-0.2, -0.15) is 0 Å². The van der Waals surface area contributed by atoms with E-state index in [-0.39, 0.29) is 11.6 Å². The van der Waals surface area contributed by atoms with Gasteiger partial charge < -0.3 is 5.32 Å². The zero-order chi connectivity index (χ0) is 16.4. The number of pyridine rings is 1. The van der Waals surface area contributed by atoms with Gasteiger partial charge in [-0.15, -0.1) is 0 Å². The summed E-state index contributed by atoms with van der Waals surface area (Å²) in [7, 11) is 0. The summed E-state index contributed by atoms with van der Waals surface area (Å²) < 4.78 is 13.6. The molecule has 2 N–H and O–H groups in total. The second kappa shape index (κ2) is 6.09. The molecule has 0 fully saturated rings. The fraction of sp³-hybridized carbons (Fsp3) is 0.0667. The molecule has 0 unspecified atom stereocenters. The molecule has 0 atom stereocenters. The van der Waals surface area contributed by atoms with E-state index in [4.69, 9.17) is 0 Å². The Labute approximate surface area is 134 Å². The fourth-order valence-electron chi connectivity index (χ4n) is 1.93. The van der Waals surface area contributed by atoms with E-state index in [2.05, 4.69) is 20.6 Å². The van der Waals surface area contributed by atoms with Crippen molar-refractivity contribution < 1.29 is 14.0 Å². The van der Waals surface area contributed by atoms with Gasteiger partial charge in [0.15, 0.2) is 5.13 Å². The van der Waals surface area contributed by atoms with Gasteiger partial charge in [0, 0.05) is 12.6 Å². The number of hydrogen-bond donors (Lipinski definition) is 2. The zero-order valence-electron chi connectivity index (χ0n) is 12.0. The average molecular weight is 330 g/mol. The van der Waals surface area contributed by atoms with Crippen molar-refractivity contribution in [3.8, 4) is 0 Å². The minimum absolute atomic E-state index is 0.101. The molecule has 0 aliphatic carbocycles. The Bertz CT molecular complexity index is 892. The van der Waals surface area contributed by atoms with E-state index in [1.54, 1.807) is 18.2 Å². The highest BCUT2D eigenvalue weighted by Gasteiger charge is 2.11. The first-order valence-corrected chi connectivity index (χ1v) is 7.44. The fourth-order valence-corrected chi connectivity index (χ4v) is 2.83. The molecule has 0 saturated heterocycles. The number of aromatic nitrogens is 2. The smallest absolute Gasteiger partial charge is 0.276 e. The Hall–Kier alpha value is -2.87. The van der Waals surface area contributed by atoms with Crippen LogP contribution in [0.2, 0.25) is 0 Å². The molecule has 116 valence electrons. The van der Waals surface area contributed by atoms with Gasteiger partial charge in [0.2, 0.25) is 5.91 Å². The van der Waals surface area contributed by atoms with Crippen molar-refractivity contribution in [1.82, 2.24) is 9.97 Å². The number of amides is 2. The Morgan fingerprint density at radius 1 is 1.17 bits per heavy atom. The normalized spacial score (nSPS) is 10.5. The van der Waals surface area contributed by atoms with Crippen LogP contribution < -0.4 is 10.6 Å². The molecule has 2 aromatic heterocycles. The molecule has 6 nitrogen and oxygen atoms in total. The average Bonchev–Trinajstić information content (AvgIpc) is 2.88. The molecule has 3 aromatic rings. The number of carbonyl (C=O) groups is 2. The van der Waals surface area contributed by atoms with Crippen molar-refractivity contribution in [2.75, 3.05) is 10.6 Å². The first-order chi connectivity index (χ1) is 11.0. The summed E-state index contributed by atoms with van der Waals surface area (Å²) in [4.78, 5) is 31.1. The van der Waals surface area contributed by atoms with Gasteiger partial charge in [0.05, 0.1) is 16.4 Å². The molecule has 2 amide bonds. The maximum atomic E-state index is 12.8. The third-order valence-electron chi connectivity index (χ3n) is 2.89. The first kappa shape index (κ1) is 15.0. The maximum absolute atomic E-state index is 12.8. The van der Waals surface area contributed by atoms with Crippen molar-refractivity contribution in [1.29, 1.82) is 0 Å². The molecule has 1 aromatic carbocycles. The third-order valence-corrected chi connectivity index (χ3v) is 3.82. The van der Waals surface area contributed by atoms with Gasteiger partial charge in [0.25, 0.3) is 5.91 Å². The Morgan fingerprint density at radius 3 is 2.70 bits per heavy atom. The lowest BCUT2D eigenvalue weighted by molar-refractivity contribution is -0.114. The number of hydrogen-bond acceptors (Lipinski definition) is 5. The lowest BCUT2D eigenvalue weighted by Gasteiger charge is -2.00. The summed E-state index contributed by atoms with van der Waals surface area (Å²) in [5.74, 6) is -1.14. The minimum atomic E-state index is -0.507. The van der Waals surface area contributed by atoms with Gasteiger partial charge in [-0.3, -0.25) is 14.9 Å². The Morgan fingerprint density at radius 2 is 2.00 bits per heavy atom. The van der Waals surface area contributed by atoms with Crippen LogP contribution in [0.15, 0.2) is 36.5 Å². The van der Waals surface area contributed by atoms with Gasteiger partial charge in [-0.25, -0.2) is 14.4 Å². The highest BCUT2D eigenvalue weighted by Crippen LogP contribution is 2.28. The van der Waals surface area contributed by atoms with Crippen molar-refractivity contribution in [2.24, 2.45) is 0 Å². The standard InChI is InChI=1S/C15H11FN4O2S/c1-8(21)18-10-3-5-11-13(6-10)23-15(19-11)20-14(22)12-4-2-9(16)7-17-12/h2-7H,1H3,(H,18,21)(H,19,20,22). The van der Waals surface area contributed by atoms with Crippen molar-refractivity contribution in [2.45, 2.75) is 6.92 Å². The number of benzene rings is 1. The SMILES string of the molecule is CC(=O)Nc1ccc2nc(NC(=O)c3ccc(F)cn3)sc2c1. The quantitative estimate of drug-likeness (QED) is 0.773. The monoisotopic (exact) mass is 330 g/mol. The number of rotatable bonds is 3. The lowest BCUT2D eigenvalue weighted by Crippen LogP contribution is -2.13. The van der Waals surface area contributed by atoms with E-state index >= 15 is 0 Å². The van der Waals surface area contributed by atoms with Crippen LogP contribution in [0.1, 0.15) is 17.4 Å². The molecule has 3 rings (SSSR count). The number of nitrogens with zero attached hydrogens (tertiary/aromatic N) is 2.